The van der Waals surface area contributed by atoms with Crippen molar-refractivity contribution >= 4 is 48.0 Å². The second-order valence-corrected chi connectivity index (χ2v) is 7.58. The summed E-state index contributed by atoms with van der Waals surface area (Å²) in [6.45, 7) is 5.00. The van der Waals surface area contributed by atoms with Crippen LogP contribution in [0.4, 0.5) is 0 Å². The lowest BCUT2D eigenvalue weighted by atomic mass is 9.95. The van der Waals surface area contributed by atoms with Gasteiger partial charge in [-0.1, -0.05) is 41.4 Å². The standard InChI is InChI=1S/C20H22Cl2N2O2.2ClH/c21-15-9-14(10-16(22)11-15)12-25-19-13-26-18-4-2-1-3-17(18)20(19)24-7-5-23-6-8-24;;/h1-4,9-11,19-20,23H,5-8,12-13H2;2*1H. The number of piperazine rings is 1. The van der Waals surface area contributed by atoms with E-state index >= 15 is 0 Å². The molecule has 1 N–H and O–H groups in total. The minimum Gasteiger partial charge on any atom is -0.490 e. The van der Waals surface area contributed by atoms with Crippen LogP contribution in [-0.2, 0) is 11.3 Å². The molecule has 4 nitrogen and oxygen atoms in total. The number of nitrogens with zero attached hydrogens (tertiary/aromatic N) is 1. The van der Waals surface area contributed by atoms with Crippen molar-refractivity contribution in [2.24, 2.45) is 0 Å². The van der Waals surface area contributed by atoms with Crippen molar-refractivity contribution in [2.45, 2.75) is 18.8 Å². The molecule has 28 heavy (non-hydrogen) atoms. The predicted octanol–water partition coefficient (Wildman–Crippen LogP) is 4.76. The van der Waals surface area contributed by atoms with Gasteiger partial charge in [0, 0.05) is 41.8 Å². The van der Waals surface area contributed by atoms with Gasteiger partial charge in [-0.2, -0.15) is 0 Å². The van der Waals surface area contributed by atoms with Crippen LogP contribution in [0.3, 0.4) is 0 Å². The van der Waals surface area contributed by atoms with Crippen LogP contribution in [0.25, 0.3) is 0 Å². The summed E-state index contributed by atoms with van der Waals surface area (Å²) in [5.41, 5.74) is 2.18. The monoisotopic (exact) mass is 464 g/mol. The van der Waals surface area contributed by atoms with Crippen LogP contribution in [0.5, 0.6) is 5.75 Å². The van der Waals surface area contributed by atoms with Gasteiger partial charge in [-0.3, -0.25) is 4.90 Å². The lowest BCUT2D eigenvalue weighted by Crippen LogP contribution is -2.51. The summed E-state index contributed by atoms with van der Waals surface area (Å²) in [7, 11) is 0. The summed E-state index contributed by atoms with van der Waals surface area (Å²) >= 11 is 12.2. The fraction of sp³-hybridized carbons (Fsp3) is 0.400. The van der Waals surface area contributed by atoms with Crippen molar-refractivity contribution in [1.82, 2.24) is 10.2 Å². The third-order valence-electron chi connectivity index (χ3n) is 4.92. The number of benzene rings is 2. The van der Waals surface area contributed by atoms with Crippen LogP contribution in [0.1, 0.15) is 17.2 Å². The molecular weight excluding hydrogens is 442 g/mol. The van der Waals surface area contributed by atoms with E-state index in [0.717, 1.165) is 37.5 Å². The van der Waals surface area contributed by atoms with Gasteiger partial charge in [0.25, 0.3) is 0 Å². The highest BCUT2D eigenvalue weighted by atomic mass is 35.5. The molecule has 0 radical (unpaired) electrons. The van der Waals surface area contributed by atoms with Gasteiger partial charge >= 0.3 is 0 Å². The Kier molecular flexibility index (Phi) is 9.16. The second-order valence-electron chi connectivity index (χ2n) is 6.71. The zero-order valence-electron chi connectivity index (χ0n) is 15.3. The smallest absolute Gasteiger partial charge is 0.124 e. The van der Waals surface area contributed by atoms with Crippen LogP contribution in [0.15, 0.2) is 42.5 Å². The Bertz CT molecular complexity index is 751. The van der Waals surface area contributed by atoms with E-state index in [0.29, 0.717) is 23.3 Å². The largest absolute Gasteiger partial charge is 0.490 e. The number of nitrogens with one attached hydrogen (secondary N) is 1. The molecule has 0 bridgehead atoms. The summed E-state index contributed by atoms with van der Waals surface area (Å²) in [4.78, 5) is 2.49. The molecule has 0 amide bonds. The highest BCUT2D eigenvalue weighted by molar-refractivity contribution is 6.34. The zero-order valence-corrected chi connectivity index (χ0v) is 18.4. The van der Waals surface area contributed by atoms with Crippen molar-refractivity contribution < 1.29 is 9.47 Å². The van der Waals surface area contributed by atoms with Crippen LogP contribution >= 0.6 is 48.0 Å². The minimum atomic E-state index is -0.0410. The Labute approximate surface area is 188 Å². The Balaban J connectivity index is 0.00000140. The Morgan fingerprint density at radius 3 is 2.43 bits per heavy atom. The molecule has 154 valence electrons. The maximum Gasteiger partial charge on any atom is 0.124 e. The van der Waals surface area contributed by atoms with Gasteiger partial charge in [-0.15, -0.1) is 24.8 Å². The van der Waals surface area contributed by atoms with E-state index < -0.39 is 0 Å². The van der Waals surface area contributed by atoms with Gasteiger partial charge in [0.1, 0.15) is 18.5 Å². The predicted molar refractivity (Wildman–Crippen MR) is 119 cm³/mol. The molecule has 0 saturated carbocycles. The molecule has 8 heteroatoms. The third-order valence-corrected chi connectivity index (χ3v) is 5.36. The molecule has 1 saturated heterocycles. The van der Waals surface area contributed by atoms with E-state index in [9.17, 15) is 0 Å². The maximum absolute atomic E-state index is 6.30. The average Bonchev–Trinajstić information content (AvgIpc) is 2.66. The number of fused-ring (bicyclic) bond motifs is 1. The van der Waals surface area contributed by atoms with Crippen LogP contribution in [0.2, 0.25) is 10.0 Å². The number of para-hydroxylation sites is 1. The van der Waals surface area contributed by atoms with Crippen LogP contribution in [-0.4, -0.2) is 43.8 Å². The molecule has 4 rings (SSSR count). The van der Waals surface area contributed by atoms with Gasteiger partial charge in [0.05, 0.1) is 12.6 Å². The zero-order chi connectivity index (χ0) is 17.9. The van der Waals surface area contributed by atoms with Gasteiger partial charge in [-0.05, 0) is 29.8 Å². The fourth-order valence-electron chi connectivity index (χ4n) is 3.75. The summed E-state index contributed by atoms with van der Waals surface area (Å²) in [5.74, 6) is 0.960. The van der Waals surface area contributed by atoms with Crippen molar-refractivity contribution in [3.05, 3.63) is 63.6 Å². The average molecular weight is 466 g/mol. The molecule has 1 fully saturated rings. The summed E-state index contributed by atoms with van der Waals surface area (Å²) < 4.78 is 12.3. The minimum absolute atomic E-state index is 0. The topological polar surface area (TPSA) is 33.7 Å². The maximum atomic E-state index is 6.30. The number of ether oxygens (including phenoxy) is 2. The molecular formula is C20H24Cl4N2O2. The lowest BCUT2D eigenvalue weighted by molar-refractivity contribution is -0.0617. The summed E-state index contributed by atoms with van der Waals surface area (Å²) in [6, 6.07) is 14.0. The van der Waals surface area contributed by atoms with E-state index in [4.69, 9.17) is 32.7 Å². The number of rotatable bonds is 4. The molecule has 2 heterocycles. The first-order chi connectivity index (χ1) is 12.7. The molecule has 2 aliphatic heterocycles. The van der Waals surface area contributed by atoms with Crippen molar-refractivity contribution in [1.29, 1.82) is 0 Å². The number of halogens is 4. The number of hydrogen-bond donors (Lipinski definition) is 1. The molecule has 2 atom stereocenters. The molecule has 0 spiro atoms. The normalized spacial score (nSPS) is 21.6. The quantitative estimate of drug-likeness (QED) is 0.705. The van der Waals surface area contributed by atoms with Gasteiger partial charge < -0.3 is 14.8 Å². The first-order valence-corrected chi connectivity index (χ1v) is 9.69. The van der Waals surface area contributed by atoms with Gasteiger partial charge in [0.15, 0.2) is 0 Å². The van der Waals surface area contributed by atoms with Crippen LogP contribution in [0, 0.1) is 0 Å². The molecule has 0 aromatic heterocycles. The second kappa shape index (κ2) is 10.9. The molecule has 2 unspecified atom stereocenters. The van der Waals surface area contributed by atoms with Crippen molar-refractivity contribution in [2.75, 3.05) is 32.8 Å². The van der Waals surface area contributed by atoms with Crippen molar-refractivity contribution in [3.63, 3.8) is 0 Å². The molecule has 2 aromatic rings. The third kappa shape index (κ3) is 5.45. The van der Waals surface area contributed by atoms with Gasteiger partial charge in [-0.25, -0.2) is 0 Å². The number of hydrogen-bond acceptors (Lipinski definition) is 4. The molecule has 2 aliphatic rings. The molecule has 2 aromatic carbocycles. The van der Waals surface area contributed by atoms with Crippen molar-refractivity contribution in [3.8, 4) is 5.75 Å². The fourth-order valence-corrected chi connectivity index (χ4v) is 4.32. The summed E-state index contributed by atoms with van der Waals surface area (Å²) in [5, 5.41) is 4.67. The Hall–Kier alpha value is -0.720. The van der Waals surface area contributed by atoms with Gasteiger partial charge in [0.2, 0.25) is 0 Å². The highest BCUT2D eigenvalue weighted by Crippen LogP contribution is 2.37. The Morgan fingerprint density at radius 2 is 1.71 bits per heavy atom. The summed E-state index contributed by atoms with van der Waals surface area (Å²) in [6.07, 6.45) is -0.0410. The van der Waals surface area contributed by atoms with E-state index in [-0.39, 0.29) is 37.0 Å². The van der Waals surface area contributed by atoms with E-state index in [2.05, 4.69) is 22.3 Å². The van der Waals surface area contributed by atoms with E-state index in [1.165, 1.54) is 5.56 Å². The van der Waals surface area contributed by atoms with Crippen LogP contribution < -0.4 is 10.1 Å². The van der Waals surface area contributed by atoms with E-state index in [1.807, 2.05) is 24.3 Å². The lowest BCUT2D eigenvalue weighted by Gasteiger charge is -2.42. The van der Waals surface area contributed by atoms with E-state index in [1.54, 1.807) is 6.07 Å². The SMILES string of the molecule is Cl.Cl.Clc1cc(Cl)cc(COC2COc3ccccc3C2N2CCNCC2)c1. The molecule has 0 aliphatic carbocycles. The first kappa shape index (κ1) is 23.6. The Morgan fingerprint density at radius 1 is 1.04 bits per heavy atom. The first-order valence-electron chi connectivity index (χ1n) is 8.94. The highest BCUT2D eigenvalue weighted by Gasteiger charge is 2.36.